The van der Waals surface area contributed by atoms with E-state index in [2.05, 4.69) is 53.6 Å². The number of hydrogen-bond acceptors (Lipinski definition) is 3. The summed E-state index contributed by atoms with van der Waals surface area (Å²) >= 11 is 0. The molecule has 0 radical (unpaired) electrons. The number of amides is 1. The summed E-state index contributed by atoms with van der Waals surface area (Å²) in [6.45, 7) is 7.81. The fourth-order valence-corrected chi connectivity index (χ4v) is 2.62. The molecule has 1 heterocycles. The van der Waals surface area contributed by atoms with Crippen molar-refractivity contribution >= 4 is 11.6 Å². The third-order valence-electron chi connectivity index (χ3n) is 3.76. The highest BCUT2D eigenvalue weighted by Crippen LogP contribution is 2.26. The summed E-state index contributed by atoms with van der Waals surface area (Å²) in [5, 5.41) is 6.47. The zero-order valence-corrected chi connectivity index (χ0v) is 12.5. The fourth-order valence-electron chi connectivity index (χ4n) is 2.62. The van der Waals surface area contributed by atoms with Gasteiger partial charge in [0.05, 0.1) is 0 Å². The first-order chi connectivity index (χ1) is 9.72. The summed E-state index contributed by atoms with van der Waals surface area (Å²) in [6.07, 6.45) is 1.71. The molecule has 1 aromatic rings. The summed E-state index contributed by atoms with van der Waals surface area (Å²) in [7, 11) is 0. The Morgan fingerprint density at radius 2 is 2.15 bits per heavy atom. The standard InChI is InChI=1S/C16H25N3O/c1-3-9-17-13(2)14-6-4-5-7-15(14)19-11-8-16(20)18-10-12-19/h4-7,13,17H,3,8-12H2,1-2H3,(H,18,20). The lowest BCUT2D eigenvalue weighted by Crippen LogP contribution is -2.30. The average Bonchev–Trinajstić information content (AvgIpc) is 2.69. The van der Waals surface area contributed by atoms with E-state index in [0.29, 0.717) is 12.5 Å². The number of anilines is 1. The van der Waals surface area contributed by atoms with E-state index >= 15 is 0 Å². The SMILES string of the molecule is CCCNC(C)c1ccccc1N1CCNC(=O)CC1. The Balaban J connectivity index is 2.16. The number of nitrogens with zero attached hydrogens (tertiary/aromatic N) is 1. The molecule has 0 spiro atoms. The second kappa shape index (κ2) is 7.29. The number of carbonyl (C=O) groups excluding carboxylic acids is 1. The molecule has 4 nitrogen and oxygen atoms in total. The van der Waals surface area contributed by atoms with Gasteiger partial charge in [-0.1, -0.05) is 25.1 Å². The van der Waals surface area contributed by atoms with E-state index in [1.54, 1.807) is 0 Å². The van der Waals surface area contributed by atoms with Gasteiger partial charge in [0.1, 0.15) is 0 Å². The van der Waals surface area contributed by atoms with Crippen LogP contribution in [0.25, 0.3) is 0 Å². The molecule has 4 heteroatoms. The van der Waals surface area contributed by atoms with Crippen LogP contribution in [0.15, 0.2) is 24.3 Å². The van der Waals surface area contributed by atoms with Crippen molar-refractivity contribution in [1.82, 2.24) is 10.6 Å². The quantitative estimate of drug-likeness (QED) is 0.864. The van der Waals surface area contributed by atoms with E-state index in [9.17, 15) is 4.79 Å². The number of hydrogen-bond donors (Lipinski definition) is 2. The molecule has 0 bridgehead atoms. The molecule has 1 aliphatic rings. The van der Waals surface area contributed by atoms with Crippen LogP contribution < -0.4 is 15.5 Å². The molecule has 2 rings (SSSR count). The highest BCUT2D eigenvalue weighted by atomic mass is 16.1. The van der Waals surface area contributed by atoms with Gasteiger partial charge in [-0.3, -0.25) is 4.79 Å². The monoisotopic (exact) mass is 275 g/mol. The molecular formula is C16H25N3O. The van der Waals surface area contributed by atoms with Crippen molar-refractivity contribution in [1.29, 1.82) is 0 Å². The molecule has 20 heavy (non-hydrogen) atoms. The number of rotatable bonds is 5. The highest BCUT2D eigenvalue weighted by Gasteiger charge is 2.18. The minimum Gasteiger partial charge on any atom is -0.369 e. The van der Waals surface area contributed by atoms with Gasteiger partial charge < -0.3 is 15.5 Å². The van der Waals surface area contributed by atoms with Gasteiger partial charge in [0, 0.05) is 37.8 Å². The van der Waals surface area contributed by atoms with Gasteiger partial charge in [-0.2, -0.15) is 0 Å². The third-order valence-corrected chi connectivity index (χ3v) is 3.76. The summed E-state index contributed by atoms with van der Waals surface area (Å²) in [4.78, 5) is 13.8. The van der Waals surface area contributed by atoms with Crippen molar-refractivity contribution in [3.05, 3.63) is 29.8 Å². The lowest BCUT2D eigenvalue weighted by molar-refractivity contribution is -0.120. The van der Waals surface area contributed by atoms with Crippen molar-refractivity contribution in [2.75, 3.05) is 31.1 Å². The van der Waals surface area contributed by atoms with Gasteiger partial charge >= 0.3 is 0 Å². The molecule has 1 atom stereocenters. The van der Waals surface area contributed by atoms with Gasteiger partial charge in [0.15, 0.2) is 0 Å². The number of nitrogens with one attached hydrogen (secondary N) is 2. The molecule has 1 fully saturated rings. The summed E-state index contributed by atoms with van der Waals surface area (Å²) < 4.78 is 0. The predicted molar refractivity (Wildman–Crippen MR) is 83.0 cm³/mol. The number of carbonyl (C=O) groups is 1. The molecule has 1 aromatic carbocycles. The first-order valence-corrected chi connectivity index (χ1v) is 7.56. The first-order valence-electron chi connectivity index (χ1n) is 7.56. The van der Waals surface area contributed by atoms with Crippen LogP contribution in [0.3, 0.4) is 0 Å². The highest BCUT2D eigenvalue weighted by molar-refractivity contribution is 5.77. The van der Waals surface area contributed by atoms with Crippen LogP contribution in [0, 0.1) is 0 Å². The lowest BCUT2D eigenvalue weighted by Gasteiger charge is -2.27. The third kappa shape index (κ3) is 3.73. The molecule has 1 amide bonds. The Hall–Kier alpha value is -1.55. The Kier molecular flexibility index (Phi) is 5.41. The van der Waals surface area contributed by atoms with E-state index in [0.717, 1.165) is 32.6 Å². The number of benzene rings is 1. The average molecular weight is 275 g/mol. The molecule has 0 aliphatic carbocycles. The maximum absolute atomic E-state index is 11.5. The molecule has 2 N–H and O–H groups in total. The van der Waals surface area contributed by atoms with Crippen LogP contribution in [0.1, 0.15) is 38.3 Å². The van der Waals surface area contributed by atoms with Crippen molar-refractivity contribution in [3.8, 4) is 0 Å². The molecular weight excluding hydrogens is 250 g/mol. The zero-order chi connectivity index (χ0) is 14.4. The van der Waals surface area contributed by atoms with Crippen LogP contribution in [-0.2, 0) is 4.79 Å². The minimum absolute atomic E-state index is 0.155. The molecule has 110 valence electrons. The summed E-state index contributed by atoms with van der Waals surface area (Å²) in [6, 6.07) is 8.84. The Labute approximate surface area is 121 Å². The van der Waals surface area contributed by atoms with Gasteiger partial charge in [-0.15, -0.1) is 0 Å². The van der Waals surface area contributed by atoms with Crippen LogP contribution in [0.4, 0.5) is 5.69 Å². The number of para-hydroxylation sites is 1. The topological polar surface area (TPSA) is 44.4 Å². The van der Waals surface area contributed by atoms with E-state index < -0.39 is 0 Å². The van der Waals surface area contributed by atoms with Crippen molar-refractivity contribution in [3.63, 3.8) is 0 Å². The van der Waals surface area contributed by atoms with Crippen LogP contribution >= 0.6 is 0 Å². The van der Waals surface area contributed by atoms with Gasteiger partial charge in [-0.05, 0) is 31.5 Å². The minimum atomic E-state index is 0.155. The first kappa shape index (κ1) is 14.9. The Bertz CT molecular complexity index is 447. The van der Waals surface area contributed by atoms with Crippen LogP contribution in [0.5, 0.6) is 0 Å². The maximum atomic E-state index is 11.5. The van der Waals surface area contributed by atoms with Gasteiger partial charge in [0.25, 0.3) is 0 Å². The molecule has 1 aliphatic heterocycles. The van der Waals surface area contributed by atoms with Gasteiger partial charge in [-0.25, -0.2) is 0 Å². The van der Waals surface area contributed by atoms with Crippen molar-refractivity contribution < 1.29 is 4.79 Å². The predicted octanol–water partition coefficient (Wildman–Crippen LogP) is 2.07. The maximum Gasteiger partial charge on any atom is 0.221 e. The van der Waals surface area contributed by atoms with Crippen LogP contribution in [-0.4, -0.2) is 32.1 Å². The second-order valence-corrected chi connectivity index (χ2v) is 5.32. The molecule has 0 aromatic heterocycles. The normalized spacial score (nSPS) is 17.5. The lowest BCUT2D eigenvalue weighted by atomic mass is 10.0. The van der Waals surface area contributed by atoms with E-state index in [-0.39, 0.29) is 5.91 Å². The summed E-state index contributed by atoms with van der Waals surface area (Å²) in [5.41, 5.74) is 2.57. The molecule has 1 saturated heterocycles. The van der Waals surface area contributed by atoms with Crippen molar-refractivity contribution in [2.24, 2.45) is 0 Å². The Morgan fingerprint density at radius 3 is 2.95 bits per heavy atom. The zero-order valence-electron chi connectivity index (χ0n) is 12.5. The van der Waals surface area contributed by atoms with E-state index in [4.69, 9.17) is 0 Å². The molecule has 1 unspecified atom stereocenters. The second-order valence-electron chi connectivity index (χ2n) is 5.32. The smallest absolute Gasteiger partial charge is 0.221 e. The molecule has 0 saturated carbocycles. The fraction of sp³-hybridized carbons (Fsp3) is 0.562. The van der Waals surface area contributed by atoms with Gasteiger partial charge in [0.2, 0.25) is 5.91 Å². The summed E-state index contributed by atoms with van der Waals surface area (Å²) in [5.74, 6) is 0.155. The van der Waals surface area contributed by atoms with E-state index in [1.807, 2.05) is 0 Å². The largest absolute Gasteiger partial charge is 0.369 e. The van der Waals surface area contributed by atoms with E-state index in [1.165, 1.54) is 11.3 Å². The Morgan fingerprint density at radius 1 is 1.35 bits per heavy atom. The van der Waals surface area contributed by atoms with Crippen molar-refractivity contribution in [2.45, 2.75) is 32.7 Å². The van der Waals surface area contributed by atoms with Crippen LogP contribution in [0.2, 0.25) is 0 Å².